The largest absolute Gasteiger partial charge is 0.507 e. The van der Waals surface area contributed by atoms with E-state index in [1.54, 1.807) is 6.92 Å². The molecule has 6 atom stereocenters. The molecule has 1 heterocycles. The minimum Gasteiger partial charge on any atom is -0.507 e. The molecule has 2 aliphatic carbocycles. The maximum atomic E-state index is 13.7. The fraction of sp³-hybridized carbons (Fsp3) is 0.448. The van der Waals surface area contributed by atoms with Gasteiger partial charge in [0.05, 0.1) is 48.2 Å². The van der Waals surface area contributed by atoms with Gasteiger partial charge in [-0.2, -0.15) is 0 Å². The van der Waals surface area contributed by atoms with E-state index in [2.05, 4.69) is 5.48 Å². The minimum absolute atomic E-state index is 0.0404. The molecule has 0 saturated carbocycles. The van der Waals surface area contributed by atoms with Crippen LogP contribution in [0, 0.1) is 0 Å². The zero-order chi connectivity index (χ0) is 30.7. The Morgan fingerprint density at radius 2 is 1.76 bits per heavy atom. The predicted octanol–water partition coefficient (Wildman–Crippen LogP) is 1.14. The third-order valence-electron chi connectivity index (χ3n) is 8.11. The van der Waals surface area contributed by atoms with Crippen molar-refractivity contribution < 1.29 is 58.7 Å². The number of rotatable bonds is 6. The second-order valence-corrected chi connectivity index (χ2v) is 10.8. The lowest BCUT2D eigenvalue weighted by Crippen LogP contribution is -2.54. The van der Waals surface area contributed by atoms with Crippen LogP contribution in [0.5, 0.6) is 17.2 Å². The summed E-state index contributed by atoms with van der Waals surface area (Å²) in [7, 11) is 1.32. The number of hydrogen-bond donors (Lipinski definition) is 5. The van der Waals surface area contributed by atoms with Gasteiger partial charge < -0.3 is 39.5 Å². The van der Waals surface area contributed by atoms with E-state index in [1.807, 2.05) is 0 Å². The second-order valence-electron chi connectivity index (χ2n) is 10.8. The zero-order valence-electron chi connectivity index (χ0n) is 23.3. The van der Waals surface area contributed by atoms with E-state index in [9.17, 15) is 39.6 Å². The van der Waals surface area contributed by atoms with Crippen LogP contribution in [0.3, 0.4) is 0 Å². The van der Waals surface area contributed by atoms with Crippen LogP contribution in [0.4, 0.5) is 0 Å². The van der Waals surface area contributed by atoms with Crippen molar-refractivity contribution in [1.82, 2.24) is 5.48 Å². The third kappa shape index (κ3) is 4.72. The van der Waals surface area contributed by atoms with Gasteiger partial charge in [-0.15, -0.1) is 5.48 Å². The van der Waals surface area contributed by atoms with E-state index >= 15 is 0 Å². The van der Waals surface area contributed by atoms with Crippen molar-refractivity contribution in [1.29, 1.82) is 0 Å². The van der Waals surface area contributed by atoms with E-state index in [-0.39, 0.29) is 40.8 Å². The number of carbonyl (C=O) groups is 4. The smallest absolute Gasteiger partial charge is 0.321 e. The lowest BCUT2D eigenvalue weighted by molar-refractivity contribution is -0.256. The molecule has 0 amide bonds. The molecule has 1 fully saturated rings. The van der Waals surface area contributed by atoms with Crippen molar-refractivity contribution >= 4 is 23.3 Å². The minimum atomic E-state index is -2.06. The number of nitrogens with one attached hydrogen (secondary N) is 1. The molecular weight excluding hydrogens is 554 g/mol. The number of hydrogen-bond acceptors (Lipinski definition) is 13. The number of ketones is 3. The first-order chi connectivity index (χ1) is 19.8. The van der Waals surface area contributed by atoms with Crippen LogP contribution < -0.4 is 10.2 Å². The van der Waals surface area contributed by atoms with Crippen molar-refractivity contribution in [3.63, 3.8) is 0 Å². The van der Waals surface area contributed by atoms with Crippen LogP contribution in [0.2, 0.25) is 0 Å². The molecule has 5 N–H and O–H groups in total. The Morgan fingerprint density at radius 1 is 1.07 bits per heavy atom. The molecular formula is C29H31NO12. The average Bonchev–Trinajstić information content (AvgIpc) is 2.93. The highest BCUT2D eigenvalue weighted by Crippen LogP contribution is 2.52. The normalized spacial score (nSPS) is 28.4. The number of hydroxylamine groups is 1. The summed E-state index contributed by atoms with van der Waals surface area (Å²) in [6.07, 6.45) is -5.28. The molecule has 0 bridgehead atoms. The monoisotopic (exact) mass is 585 g/mol. The van der Waals surface area contributed by atoms with Gasteiger partial charge in [-0.25, -0.2) is 0 Å². The van der Waals surface area contributed by atoms with Crippen molar-refractivity contribution in [2.75, 3.05) is 7.11 Å². The van der Waals surface area contributed by atoms with Crippen molar-refractivity contribution in [2.45, 2.75) is 76.3 Å². The number of phenolic OH excluding ortho intramolecular Hbond substituents is 2. The van der Waals surface area contributed by atoms with Crippen LogP contribution in [0.25, 0.3) is 0 Å². The zero-order valence-corrected chi connectivity index (χ0v) is 23.3. The number of aromatic hydroxyl groups is 2. The summed E-state index contributed by atoms with van der Waals surface area (Å²) in [5, 5.41) is 44.8. The quantitative estimate of drug-likeness (QED) is 0.204. The summed E-state index contributed by atoms with van der Waals surface area (Å²) in [6, 6.07) is 3.56. The topological polar surface area (TPSA) is 198 Å². The first-order valence-corrected chi connectivity index (χ1v) is 13.3. The van der Waals surface area contributed by atoms with Gasteiger partial charge in [-0.1, -0.05) is 12.1 Å². The first-order valence-electron chi connectivity index (χ1n) is 13.3. The van der Waals surface area contributed by atoms with Gasteiger partial charge in [0, 0.05) is 42.9 Å². The summed E-state index contributed by atoms with van der Waals surface area (Å²) in [6.45, 7) is 3.88. The molecule has 3 aliphatic rings. The standard InChI is InChI=1S/C29H31NO12/c1-11-24(33)16(30-42-13(3)32)8-19(40-11)41-18-10-29(38,12(2)31)9-15-21(18)28(37)23-22(26(15)35)25(34)14-6-5-7-17(39-4)20(14)27(23)36/h5-7,11,16,18-19,24,30,33,35,37-38H,8-10H2,1-4H3/t11?,16?,18-,19?,24?,29-/m0/s1. The number of ether oxygens (including phenoxy) is 3. The lowest BCUT2D eigenvalue weighted by atomic mass is 9.72. The number of methoxy groups -OCH3 is 1. The Labute approximate surface area is 239 Å². The Balaban J connectivity index is 1.61. The molecule has 13 heteroatoms. The van der Waals surface area contributed by atoms with Crippen LogP contribution in [-0.2, 0) is 30.3 Å². The number of phenols is 2. The van der Waals surface area contributed by atoms with E-state index in [4.69, 9.17) is 19.0 Å². The van der Waals surface area contributed by atoms with Crippen LogP contribution >= 0.6 is 0 Å². The van der Waals surface area contributed by atoms with Crippen LogP contribution in [-0.4, -0.2) is 81.0 Å². The molecule has 224 valence electrons. The van der Waals surface area contributed by atoms with Gasteiger partial charge in [0.15, 0.2) is 17.9 Å². The van der Waals surface area contributed by atoms with Crippen molar-refractivity contribution in [2.24, 2.45) is 0 Å². The van der Waals surface area contributed by atoms with E-state index in [0.717, 1.165) is 6.92 Å². The molecule has 42 heavy (non-hydrogen) atoms. The molecule has 1 saturated heterocycles. The molecule has 5 rings (SSSR count). The number of Topliss-reactive ketones (excluding diaryl/α,β-unsaturated/α-hetero) is 1. The van der Waals surface area contributed by atoms with E-state index < -0.39 is 88.6 Å². The Hall–Kier alpha value is -3.88. The fourth-order valence-electron chi connectivity index (χ4n) is 5.90. The number of aliphatic hydroxyl groups is 2. The van der Waals surface area contributed by atoms with Gasteiger partial charge in [0.25, 0.3) is 0 Å². The SMILES string of the molecule is COc1cccc2c1C(=O)c1c(O)c3c(c(O)c1C2=O)C[C@@](O)(C(C)=O)C[C@@H]3OC1CC(NOC(C)=O)C(O)C(C)O1. The third-order valence-corrected chi connectivity index (χ3v) is 8.11. The summed E-state index contributed by atoms with van der Waals surface area (Å²) in [5.74, 6) is -4.03. The highest BCUT2D eigenvalue weighted by Gasteiger charge is 2.49. The fourth-order valence-corrected chi connectivity index (χ4v) is 5.90. The molecule has 13 nitrogen and oxygen atoms in total. The van der Waals surface area contributed by atoms with E-state index in [0.29, 0.717) is 0 Å². The predicted molar refractivity (Wildman–Crippen MR) is 141 cm³/mol. The maximum Gasteiger partial charge on any atom is 0.321 e. The van der Waals surface area contributed by atoms with Gasteiger partial charge in [-0.05, 0) is 19.9 Å². The van der Waals surface area contributed by atoms with Crippen molar-refractivity contribution in [3.8, 4) is 17.2 Å². The summed E-state index contributed by atoms with van der Waals surface area (Å²) < 4.78 is 17.2. The lowest BCUT2D eigenvalue weighted by Gasteiger charge is -2.42. The highest BCUT2D eigenvalue weighted by molar-refractivity contribution is 6.31. The van der Waals surface area contributed by atoms with Gasteiger partial charge >= 0.3 is 5.97 Å². The molecule has 0 radical (unpaired) electrons. The van der Waals surface area contributed by atoms with Gasteiger partial charge in [0.1, 0.15) is 22.8 Å². The molecule has 1 aliphatic heterocycles. The van der Waals surface area contributed by atoms with Gasteiger partial charge in [-0.3, -0.25) is 19.2 Å². The second kappa shape index (κ2) is 10.7. The Bertz CT molecular complexity index is 1500. The summed E-state index contributed by atoms with van der Waals surface area (Å²) in [4.78, 5) is 56.0. The summed E-state index contributed by atoms with van der Waals surface area (Å²) in [5.41, 5.74) is -0.865. The number of benzene rings is 2. The van der Waals surface area contributed by atoms with E-state index in [1.165, 1.54) is 32.2 Å². The first kappa shape index (κ1) is 29.6. The maximum absolute atomic E-state index is 13.7. The number of aliphatic hydroxyl groups excluding tert-OH is 1. The summed E-state index contributed by atoms with van der Waals surface area (Å²) >= 11 is 0. The van der Waals surface area contributed by atoms with Crippen molar-refractivity contribution in [3.05, 3.63) is 51.6 Å². The molecule has 0 spiro atoms. The highest BCUT2D eigenvalue weighted by atomic mass is 16.7. The number of fused-ring (bicyclic) bond motifs is 3. The molecule has 2 aromatic rings. The number of carbonyl (C=O) groups excluding carboxylic acids is 4. The average molecular weight is 586 g/mol. The van der Waals surface area contributed by atoms with Crippen LogP contribution in [0.1, 0.15) is 82.7 Å². The molecule has 0 aromatic heterocycles. The molecule has 2 aromatic carbocycles. The molecule has 4 unspecified atom stereocenters. The Kier molecular flexibility index (Phi) is 7.58. The van der Waals surface area contributed by atoms with Crippen LogP contribution in [0.15, 0.2) is 18.2 Å². The Morgan fingerprint density at radius 3 is 2.40 bits per heavy atom. The van der Waals surface area contributed by atoms with Gasteiger partial charge in [0.2, 0.25) is 5.78 Å².